The van der Waals surface area contributed by atoms with Crippen LogP contribution in [0.1, 0.15) is 5.56 Å². The van der Waals surface area contributed by atoms with Gasteiger partial charge in [-0.15, -0.1) is 10.2 Å². The molecule has 3 rings (SSSR count). The minimum atomic E-state index is -1.20. The highest BCUT2D eigenvalue weighted by Crippen LogP contribution is 2.16. The smallest absolute Gasteiger partial charge is 0.411 e. The van der Waals surface area contributed by atoms with E-state index in [2.05, 4.69) is 25.8 Å². The van der Waals surface area contributed by atoms with Crippen molar-refractivity contribution < 1.29 is 14.6 Å². The summed E-state index contributed by atoms with van der Waals surface area (Å²) in [5, 5.41) is 21.9. The van der Waals surface area contributed by atoms with E-state index in [4.69, 9.17) is 9.84 Å². The summed E-state index contributed by atoms with van der Waals surface area (Å²) in [6.07, 6.45) is 2.72. The normalized spacial score (nSPS) is 10.5. The molecular formula is C15H16N6O3. The number of ether oxygens (including phenoxy) is 1. The fourth-order valence-electron chi connectivity index (χ4n) is 2.29. The molecule has 2 aromatic heterocycles. The monoisotopic (exact) mass is 328 g/mol. The Morgan fingerprint density at radius 3 is 3.04 bits per heavy atom. The van der Waals surface area contributed by atoms with E-state index in [-0.39, 0.29) is 5.95 Å². The van der Waals surface area contributed by atoms with Gasteiger partial charge in [0, 0.05) is 18.9 Å². The molecule has 9 heteroatoms. The first-order chi connectivity index (χ1) is 11.7. The molecule has 0 unspecified atom stereocenters. The largest absolute Gasteiger partial charge is 0.497 e. The van der Waals surface area contributed by atoms with Crippen LogP contribution in [0.15, 0.2) is 36.7 Å². The molecule has 0 aliphatic heterocycles. The van der Waals surface area contributed by atoms with Crippen LogP contribution in [0.5, 0.6) is 5.75 Å². The lowest BCUT2D eigenvalue weighted by atomic mass is 10.1. The molecule has 9 nitrogen and oxygen atoms in total. The molecule has 0 saturated heterocycles. The minimum Gasteiger partial charge on any atom is -0.497 e. The fourth-order valence-corrected chi connectivity index (χ4v) is 2.29. The van der Waals surface area contributed by atoms with Gasteiger partial charge in [0.2, 0.25) is 11.6 Å². The van der Waals surface area contributed by atoms with E-state index in [0.29, 0.717) is 18.0 Å². The second-order valence-electron chi connectivity index (χ2n) is 4.95. The van der Waals surface area contributed by atoms with Gasteiger partial charge < -0.3 is 15.2 Å². The van der Waals surface area contributed by atoms with Crippen molar-refractivity contribution in [1.29, 1.82) is 0 Å². The van der Waals surface area contributed by atoms with Crippen LogP contribution in [0.4, 0.5) is 16.6 Å². The van der Waals surface area contributed by atoms with Crippen molar-refractivity contribution in [2.24, 2.45) is 0 Å². The van der Waals surface area contributed by atoms with Crippen LogP contribution in [-0.2, 0) is 6.42 Å². The van der Waals surface area contributed by atoms with Crippen molar-refractivity contribution in [3.63, 3.8) is 0 Å². The zero-order valence-corrected chi connectivity index (χ0v) is 12.9. The van der Waals surface area contributed by atoms with Crippen LogP contribution in [-0.4, -0.2) is 44.4 Å². The molecule has 3 N–H and O–H groups in total. The second-order valence-corrected chi connectivity index (χ2v) is 4.95. The molecule has 0 saturated carbocycles. The van der Waals surface area contributed by atoms with E-state index in [9.17, 15) is 4.79 Å². The van der Waals surface area contributed by atoms with Crippen LogP contribution >= 0.6 is 0 Å². The zero-order chi connectivity index (χ0) is 16.9. The van der Waals surface area contributed by atoms with Gasteiger partial charge in [-0.05, 0) is 24.1 Å². The van der Waals surface area contributed by atoms with E-state index in [1.165, 1.54) is 4.40 Å². The first kappa shape index (κ1) is 15.5. The van der Waals surface area contributed by atoms with Crippen molar-refractivity contribution in [3.8, 4) is 5.75 Å². The number of benzene rings is 1. The summed E-state index contributed by atoms with van der Waals surface area (Å²) in [6.45, 7) is 0.633. The van der Waals surface area contributed by atoms with Crippen LogP contribution < -0.4 is 15.4 Å². The summed E-state index contributed by atoms with van der Waals surface area (Å²) in [4.78, 5) is 15.0. The lowest BCUT2D eigenvalue weighted by molar-refractivity contribution is 0.209. The first-order valence-corrected chi connectivity index (χ1v) is 7.24. The Bertz CT molecular complexity index is 863. The van der Waals surface area contributed by atoms with Gasteiger partial charge in [0.15, 0.2) is 5.82 Å². The number of carbonyl (C=O) groups is 1. The van der Waals surface area contributed by atoms with Gasteiger partial charge in [-0.2, -0.15) is 0 Å². The first-order valence-electron chi connectivity index (χ1n) is 7.24. The highest BCUT2D eigenvalue weighted by molar-refractivity contribution is 5.81. The maximum absolute atomic E-state index is 10.7. The van der Waals surface area contributed by atoms with Gasteiger partial charge >= 0.3 is 6.09 Å². The van der Waals surface area contributed by atoms with E-state index in [0.717, 1.165) is 17.7 Å². The summed E-state index contributed by atoms with van der Waals surface area (Å²) in [5.74, 6) is 1.47. The molecule has 3 aromatic rings. The number of hydrogen-bond donors (Lipinski definition) is 3. The molecule has 0 atom stereocenters. The van der Waals surface area contributed by atoms with Gasteiger partial charge in [0.05, 0.1) is 7.11 Å². The van der Waals surface area contributed by atoms with Crippen molar-refractivity contribution in [2.75, 3.05) is 24.3 Å². The molecule has 0 aliphatic rings. The highest BCUT2D eigenvalue weighted by Gasteiger charge is 2.11. The van der Waals surface area contributed by atoms with Crippen molar-refractivity contribution >= 4 is 23.5 Å². The number of amides is 1. The number of aromatic nitrogens is 4. The number of fused-ring (bicyclic) bond motifs is 1. The number of nitrogens with one attached hydrogen (secondary N) is 2. The Labute approximate surface area is 137 Å². The third kappa shape index (κ3) is 3.35. The van der Waals surface area contributed by atoms with Crippen LogP contribution in [0.3, 0.4) is 0 Å². The van der Waals surface area contributed by atoms with Gasteiger partial charge in [-0.3, -0.25) is 9.72 Å². The Morgan fingerprint density at radius 2 is 2.25 bits per heavy atom. The van der Waals surface area contributed by atoms with E-state index < -0.39 is 6.09 Å². The van der Waals surface area contributed by atoms with Crippen molar-refractivity contribution in [3.05, 3.63) is 42.2 Å². The topological polar surface area (TPSA) is 114 Å². The second kappa shape index (κ2) is 6.82. The Balaban J connectivity index is 1.71. The van der Waals surface area contributed by atoms with Gasteiger partial charge in [0.1, 0.15) is 5.75 Å². The van der Waals surface area contributed by atoms with Crippen molar-refractivity contribution in [1.82, 2.24) is 19.6 Å². The standard InChI is InChI=1S/C15H16N6O3/c1-24-11-4-2-3-10(9-11)5-6-16-12-13-19-20-14(18-15(22)23)21(13)8-7-17-12/h2-4,7-9H,5-6H2,1H3,(H,16,17)(H,18,20)(H,22,23). The average molecular weight is 328 g/mol. The number of methoxy groups -OCH3 is 1. The van der Waals surface area contributed by atoms with Gasteiger partial charge in [-0.25, -0.2) is 9.78 Å². The molecule has 24 heavy (non-hydrogen) atoms. The molecule has 0 bridgehead atoms. The Kier molecular flexibility index (Phi) is 4.41. The van der Waals surface area contributed by atoms with Crippen LogP contribution in [0.25, 0.3) is 5.65 Å². The number of carboxylic acid groups (broad SMARTS) is 1. The predicted octanol–water partition coefficient (Wildman–Crippen LogP) is 1.88. The molecule has 0 spiro atoms. The zero-order valence-electron chi connectivity index (χ0n) is 12.9. The van der Waals surface area contributed by atoms with E-state index in [1.54, 1.807) is 19.5 Å². The van der Waals surface area contributed by atoms with Crippen molar-refractivity contribution in [2.45, 2.75) is 6.42 Å². The molecule has 0 aliphatic carbocycles. The lowest BCUT2D eigenvalue weighted by Gasteiger charge is -2.08. The van der Waals surface area contributed by atoms with E-state index in [1.807, 2.05) is 24.3 Å². The number of anilines is 2. The third-order valence-corrected chi connectivity index (χ3v) is 3.39. The number of hydrogen-bond acceptors (Lipinski definition) is 6. The van der Waals surface area contributed by atoms with Gasteiger partial charge in [0.25, 0.3) is 0 Å². The summed E-state index contributed by atoms with van der Waals surface area (Å²) in [7, 11) is 1.63. The SMILES string of the molecule is COc1cccc(CCNc2nccn3c(NC(=O)O)nnc23)c1. The summed E-state index contributed by atoms with van der Waals surface area (Å²) >= 11 is 0. The quantitative estimate of drug-likeness (QED) is 0.633. The average Bonchev–Trinajstić information content (AvgIpc) is 2.98. The molecule has 1 amide bonds. The minimum absolute atomic E-state index is 0.121. The summed E-state index contributed by atoms with van der Waals surface area (Å²) in [6, 6.07) is 7.83. The molecule has 1 aromatic carbocycles. The summed E-state index contributed by atoms with van der Waals surface area (Å²) < 4.78 is 6.73. The van der Waals surface area contributed by atoms with Crippen LogP contribution in [0.2, 0.25) is 0 Å². The van der Waals surface area contributed by atoms with Crippen LogP contribution in [0, 0.1) is 0 Å². The maximum Gasteiger partial charge on any atom is 0.411 e. The molecular weight excluding hydrogens is 312 g/mol. The number of nitrogens with zero attached hydrogens (tertiary/aromatic N) is 4. The third-order valence-electron chi connectivity index (χ3n) is 3.39. The molecule has 0 radical (unpaired) electrons. The van der Waals surface area contributed by atoms with Gasteiger partial charge in [-0.1, -0.05) is 12.1 Å². The molecule has 0 fully saturated rings. The fraction of sp³-hybridized carbons (Fsp3) is 0.200. The maximum atomic E-state index is 10.7. The predicted molar refractivity (Wildman–Crippen MR) is 87.6 cm³/mol. The summed E-state index contributed by atoms with van der Waals surface area (Å²) in [5.41, 5.74) is 1.58. The Morgan fingerprint density at radius 1 is 1.38 bits per heavy atom. The highest BCUT2D eigenvalue weighted by atomic mass is 16.5. The van der Waals surface area contributed by atoms with E-state index >= 15 is 0 Å². The Hall–Kier alpha value is -3.36. The number of rotatable bonds is 6. The lowest BCUT2D eigenvalue weighted by Crippen LogP contribution is -2.11. The molecule has 124 valence electrons. The molecule has 2 heterocycles.